The Morgan fingerprint density at radius 2 is 1.88 bits per heavy atom. The smallest absolute Gasteiger partial charge is 0.407 e. The van der Waals surface area contributed by atoms with E-state index in [1.54, 1.807) is 0 Å². The Morgan fingerprint density at radius 3 is 2.44 bits per heavy atom. The summed E-state index contributed by atoms with van der Waals surface area (Å²) in [5.41, 5.74) is -1.35. The summed E-state index contributed by atoms with van der Waals surface area (Å²) >= 11 is 0. The number of carbonyl (C=O) groups excluding carboxylic acids is 3. The molecule has 0 aromatic heterocycles. The predicted molar refractivity (Wildman–Crippen MR) is 123 cm³/mol. The number of amides is 3. The topological polar surface area (TPSA) is 171 Å². The molecule has 1 aromatic carbocycles. The first-order chi connectivity index (χ1) is 16.0. The Hall–Kier alpha value is -2.70. The lowest BCUT2D eigenvalue weighted by Crippen LogP contribution is -2.55. The summed E-state index contributed by atoms with van der Waals surface area (Å²) in [4.78, 5) is 37.1. The number of carbonyl (C=O) groups is 3. The summed E-state index contributed by atoms with van der Waals surface area (Å²) in [7, 11) is -4.92. The van der Waals surface area contributed by atoms with Crippen molar-refractivity contribution >= 4 is 28.0 Å². The van der Waals surface area contributed by atoms with Crippen LogP contribution < -0.4 is 16.0 Å². The molecule has 1 aliphatic heterocycles. The van der Waals surface area contributed by atoms with Crippen molar-refractivity contribution in [2.45, 2.75) is 57.1 Å². The van der Waals surface area contributed by atoms with Gasteiger partial charge in [-0.1, -0.05) is 44.2 Å². The van der Waals surface area contributed by atoms with Crippen LogP contribution in [0.4, 0.5) is 4.79 Å². The second-order valence-corrected chi connectivity index (χ2v) is 10.2. The van der Waals surface area contributed by atoms with Gasteiger partial charge < -0.3 is 25.8 Å². The average molecular weight is 500 g/mol. The van der Waals surface area contributed by atoms with Gasteiger partial charge in [0, 0.05) is 18.9 Å². The van der Waals surface area contributed by atoms with Crippen molar-refractivity contribution in [3.8, 4) is 0 Å². The van der Waals surface area contributed by atoms with Gasteiger partial charge >= 0.3 is 6.09 Å². The van der Waals surface area contributed by atoms with Gasteiger partial charge in [-0.25, -0.2) is 4.79 Å². The Bertz CT molecular complexity index is 939. The van der Waals surface area contributed by atoms with Crippen molar-refractivity contribution in [3.63, 3.8) is 0 Å². The van der Waals surface area contributed by atoms with Gasteiger partial charge in [0.15, 0.2) is 0 Å². The monoisotopic (exact) mass is 499 g/mol. The van der Waals surface area contributed by atoms with E-state index in [-0.39, 0.29) is 31.3 Å². The second kappa shape index (κ2) is 12.7. The first-order valence-electron chi connectivity index (χ1n) is 11.2. The van der Waals surface area contributed by atoms with E-state index in [9.17, 15) is 32.5 Å². The SMILES string of the molecule is CC(C)C[C@H](NC(=O)OCCc1ccccc1)C(=O)N[C@@H](CC1CCNC1=O)C(O)S(=O)(=O)O. The molecule has 34 heavy (non-hydrogen) atoms. The van der Waals surface area contributed by atoms with E-state index in [1.807, 2.05) is 44.2 Å². The predicted octanol–water partition coefficient (Wildman–Crippen LogP) is 0.587. The lowest BCUT2D eigenvalue weighted by molar-refractivity contribution is -0.126. The number of nitrogens with one attached hydrogen (secondary N) is 3. The van der Waals surface area contributed by atoms with Crippen LogP contribution >= 0.6 is 0 Å². The van der Waals surface area contributed by atoms with Crippen LogP contribution in [-0.2, 0) is 30.9 Å². The molecule has 0 radical (unpaired) electrons. The van der Waals surface area contributed by atoms with Gasteiger partial charge in [0.1, 0.15) is 6.04 Å². The van der Waals surface area contributed by atoms with Crippen LogP contribution in [0.25, 0.3) is 0 Å². The summed E-state index contributed by atoms with van der Waals surface area (Å²) < 4.78 is 37.5. The maximum absolute atomic E-state index is 12.9. The molecule has 0 spiro atoms. The third-order valence-corrected chi connectivity index (χ3v) is 6.40. The fourth-order valence-corrected chi connectivity index (χ4v) is 4.30. The molecule has 0 saturated carbocycles. The molecule has 5 N–H and O–H groups in total. The van der Waals surface area contributed by atoms with Crippen LogP contribution in [0, 0.1) is 11.8 Å². The molecule has 1 fully saturated rings. The molecule has 2 rings (SSSR count). The first kappa shape index (κ1) is 27.5. The molecular weight excluding hydrogens is 466 g/mol. The Labute approximate surface area is 199 Å². The number of aliphatic hydroxyl groups is 1. The van der Waals surface area contributed by atoms with E-state index in [2.05, 4.69) is 16.0 Å². The number of hydrogen-bond donors (Lipinski definition) is 5. The number of aliphatic hydroxyl groups excluding tert-OH is 1. The van der Waals surface area contributed by atoms with Gasteiger partial charge in [0.05, 0.1) is 12.6 Å². The summed E-state index contributed by atoms with van der Waals surface area (Å²) in [5, 5.41) is 17.6. The molecule has 1 heterocycles. The first-order valence-corrected chi connectivity index (χ1v) is 12.7. The van der Waals surface area contributed by atoms with Crippen molar-refractivity contribution in [2.24, 2.45) is 11.8 Å². The highest BCUT2D eigenvalue weighted by Gasteiger charge is 2.37. The van der Waals surface area contributed by atoms with Gasteiger partial charge in [0.25, 0.3) is 10.1 Å². The highest BCUT2D eigenvalue weighted by Crippen LogP contribution is 2.20. The maximum atomic E-state index is 12.9. The van der Waals surface area contributed by atoms with Crippen LogP contribution in [-0.4, -0.2) is 66.7 Å². The van der Waals surface area contributed by atoms with Gasteiger partial charge in [0.2, 0.25) is 17.3 Å². The lowest BCUT2D eigenvalue weighted by atomic mass is 9.97. The van der Waals surface area contributed by atoms with Gasteiger partial charge in [-0.2, -0.15) is 8.42 Å². The van der Waals surface area contributed by atoms with Crippen molar-refractivity contribution in [1.82, 2.24) is 16.0 Å². The Balaban J connectivity index is 2.03. The van der Waals surface area contributed by atoms with Gasteiger partial charge in [-0.3, -0.25) is 14.1 Å². The number of rotatable bonds is 12. The standard InChI is InChI=1S/C22H33N3O8S/c1-14(2)12-17(25-22(29)33-11-9-15-6-4-3-5-7-15)20(27)24-18(21(28)34(30,31)32)13-16-8-10-23-19(16)26/h3-7,14,16-18,21,28H,8-13H2,1-2H3,(H,23,26)(H,24,27)(H,25,29)(H,30,31,32)/t16?,17-,18-,21?/m0/s1. The number of hydrogen-bond acceptors (Lipinski definition) is 7. The lowest BCUT2D eigenvalue weighted by Gasteiger charge is -2.27. The van der Waals surface area contributed by atoms with Crippen LogP contribution in [0.5, 0.6) is 0 Å². The van der Waals surface area contributed by atoms with Crippen molar-refractivity contribution in [1.29, 1.82) is 0 Å². The number of ether oxygens (including phenoxy) is 1. The minimum atomic E-state index is -4.92. The molecule has 2 unspecified atom stereocenters. The van der Waals surface area contributed by atoms with Crippen molar-refractivity contribution in [3.05, 3.63) is 35.9 Å². The molecule has 0 bridgehead atoms. The third-order valence-electron chi connectivity index (χ3n) is 5.46. The number of benzene rings is 1. The molecule has 1 aromatic rings. The summed E-state index contributed by atoms with van der Waals surface area (Å²) in [6.07, 6.45) is 0.0672. The molecule has 1 saturated heterocycles. The van der Waals surface area contributed by atoms with Crippen molar-refractivity contribution in [2.75, 3.05) is 13.2 Å². The molecule has 4 atom stereocenters. The minimum Gasteiger partial charge on any atom is -0.449 e. The molecular formula is C22H33N3O8S. The summed E-state index contributed by atoms with van der Waals surface area (Å²) in [6, 6.07) is 6.84. The highest BCUT2D eigenvalue weighted by atomic mass is 32.2. The van der Waals surface area contributed by atoms with Crippen LogP contribution in [0.3, 0.4) is 0 Å². The van der Waals surface area contributed by atoms with Crippen molar-refractivity contribution < 1.29 is 37.2 Å². The van der Waals surface area contributed by atoms with E-state index < -0.39 is 45.6 Å². The zero-order valence-corrected chi connectivity index (χ0v) is 20.1. The normalized spacial score (nSPS) is 18.6. The van der Waals surface area contributed by atoms with E-state index >= 15 is 0 Å². The summed E-state index contributed by atoms with van der Waals surface area (Å²) in [5.74, 6) is -1.76. The van der Waals surface area contributed by atoms with Crippen LogP contribution in [0.15, 0.2) is 30.3 Å². The third kappa shape index (κ3) is 8.92. The summed E-state index contributed by atoms with van der Waals surface area (Å²) in [6.45, 7) is 4.14. The van der Waals surface area contributed by atoms with E-state index in [0.29, 0.717) is 19.4 Å². The Morgan fingerprint density at radius 1 is 1.21 bits per heavy atom. The second-order valence-electron chi connectivity index (χ2n) is 8.73. The number of alkyl carbamates (subject to hydrolysis) is 1. The molecule has 12 heteroatoms. The Kier molecular flexibility index (Phi) is 10.3. The maximum Gasteiger partial charge on any atom is 0.407 e. The van der Waals surface area contributed by atoms with E-state index in [1.165, 1.54) is 0 Å². The quantitative estimate of drug-likeness (QED) is 0.260. The zero-order chi connectivity index (χ0) is 25.3. The fourth-order valence-electron chi connectivity index (χ4n) is 3.71. The average Bonchev–Trinajstić information content (AvgIpc) is 3.16. The largest absolute Gasteiger partial charge is 0.449 e. The van der Waals surface area contributed by atoms with Gasteiger partial charge in [-0.15, -0.1) is 0 Å². The minimum absolute atomic E-state index is 0.0223. The van der Waals surface area contributed by atoms with E-state index in [0.717, 1.165) is 5.56 Å². The molecule has 1 aliphatic rings. The van der Waals surface area contributed by atoms with Crippen LogP contribution in [0.1, 0.15) is 38.7 Å². The zero-order valence-electron chi connectivity index (χ0n) is 19.3. The molecule has 0 aliphatic carbocycles. The van der Waals surface area contributed by atoms with Crippen LogP contribution in [0.2, 0.25) is 0 Å². The fraction of sp³-hybridized carbons (Fsp3) is 0.591. The van der Waals surface area contributed by atoms with Gasteiger partial charge in [-0.05, 0) is 30.7 Å². The molecule has 190 valence electrons. The molecule has 3 amide bonds. The van der Waals surface area contributed by atoms with E-state index in [4.69, 9.17) is 4.74 Å². The highest BCUT2D eigenvalue weighted by molar-refractivity contribution is 7.86. The molecule has 11 nitrogen and oxygen atoms in total.